The van der Waals surface area contributed by atoms with E-state index in [-0.39, 0.29) is 6.61 Å². The Kier molecular flexibility index (Phi) is 6.77. The van der Waals surface area contributed by atoms with Gasteiger partial charge in [-0.05, 0) is 72.6 Å². The third-order valence-electron chi connectivity index (χ3n) is 6.58. The number of aromatic nitrogens is 1. The smallest absolute Gasteiger partial charge is 0.119 e. The lowest BCUT2D eigenvalue weighted by atomic mass is 10.1. The summed E-state index contributed by atoms with van der Waals surface area (Å²) in [6.45, 7) is 6.73. The fraction of sp³-hybridized carbons (Fsp3) is 0.286. The van der Waals surface area contributed by atoms with Crippen LogP contribution >= 0.6 is 11.6 Å². The second kappa shape index (κ2) is 10.1. The van der Waals surface area contributed by atoms with Gasteiger partial charge in [-0.2, -0.15) is 0 Å². The summed E-state index contributed by atoms with van der Waals surface area (Å²) in [5, 5.41) is 12.5. The first kappa shape index (κ1) is 22.8. The van der Waals surface area contributed by atoms with E-state index in [2.05, 4.69) is 64.2 Å². The Morgan fingerprint density at radius 2 is 1.65 bits per heavy atom. The molecule has 2 heterocycles. The van der Waals surface area contributed by atoms with E-state index in [1.54, 1.807) is 0 Å². The molecular formula is C28H30ClN3O2. The molecule has 0 amide bonds. The number of nitrogens with one attached hydrogen (secondary N) is 1. The zero-order valence-electron chi connectivity index (χ0n) is 19.4. The molecule has 176 valence electrons. The van der Waals surface area contributed by atoms with Gasteiger partial charge in [0.1, 0.15) is 18.5 Å². The highest BCUT2D eigenvalue weighted by atomic mass is 35.5. The van der Waals surface area contributed by atoms with E-state index in [4.69, 9.17) is 16.3 Å². The number of hydrogen-bond acceptors (Lipinski definition) is 4. The lowest BCUT2D eigenvalue weighted by Crippen LogP contribution is -2.49. The number of β-amino-alcohol motifs (C(OH)–C–C–N with tert-alkyl or cyclic N) is 1. The Hall–Kier alpha value is -2.99. The van der Waals surface area contributed by atoms with Gasteiger partial charge >= 0.3 is 0 Å². The molecule has 0 aliphatic carbocycles. The number of halogens is 1. The molecule has 0 radical (unpaired) electrons. The molecule has 1 unspecified atom stereocenters. The van der Waals surface area contributed by atoms with Crippen LogP contribution in [0.4, 0.5) is 5.69 Å². The number of aryl methyl sites for hydroxylation is 1. The minimum Gasteiger partial charge on any atom is -0.491 e. The molecule has 5 nitrogen and oxygen atoms in total. The first-order chi connectivity index (χ1) is 16.6. The van der Waals surface area contributed by atoms with E-state index >= 15 is 0 Å². The van der Waals surface area contributed by atoms with Crippen molar-refractivity contribution < 1.29 is 9.84 Å². The van der Waals surface area contributed by atoms with Crippen LogP contribution in [0.1, 0.15) is 5.56 Å². The van der Waals surface area contributed by atoms with Crippen LogP contribution < -0.4 is 9.64 Å². The Morgan fingerprint density at radius 3 is 2.35 bits per heavy atom. The van der Waals surface area contributed by atoms with E-state index in [9.17, 15) is 5.11 Å². The number of piperazine rings is 1. The van der Waals surface area contributed by atoms with Crippen LogP contribution in [0.15, 0.2) is 72.8 Å². The molecule has 1 saturated heterocycles. The second-order valence-electron chi connectivity index (χ2n) is 8.92. The van der Waals surface area contributed by atoms with Crippen molar-refractivity contribution in [3.63, 3.8) is 0 Å². The zero-order chi connectivity index (χ0) is 23.5. The summed E-state index contributed by atoms with van der Waals surface area (Å²) in [4.78, 5) is 8.16. The van der Waals surface area contributed by atoms with Crippen molar-refractivity contribution in [1.82, 2.24) is 9.88 Å². The Bertz CT molecular complexity index is 1230. The topological polar surface area (TPSA) is 51.7 Å². The average Bonchev–Trinajstić information content (AvgIpc) is 3.21. The molecule has 1 aliphatic heterocycles. The number of aromatic amines is 1. The van der Waals surface area contributed by atoms with Crippen molar-refractivity contribution >= 4 is 28.2 Å². The molecule has 34 heavy (non-hydrogen) atoms. The molecule has 1 aliphatic rings. The summed E-state index contributed by atoms with van der Waals surface area (Å²) in [5.41, 5.74) is 5.84. The molecular weight excluding hydrogens is 446 g/mol. The largest absolute Gasteiger partial charge is 0.491 e. The molecule has 2 N–H and O–H groups in total. The number of H-pyrrole nitrogens is 1. The van der Waals surface area contributed by atoms with E-state index in [0.29, 0.717) is 6.54 Å². The number of benzene rings is 3. The highest BCUT2D eigenvalue weighted by Gasteiger charge is 2.20. The van der Waals surface area contributed by atoms with Gasteiger partial charge in [-0.1, -0.05) is 29.8 Å². The normalized spacial score (nSPS) is 15.6. The van der Waals surface area contributed by atoms with Gasteiger partial charge in [-0.25, -0.2) is 0 Å². The monoisotopic (exact) mass is 475 g/mol. The molecule has 1 atom stereocenters. The predicted molar refractivity (Wildman–Crippen MR) is 140 cm³/mol. The van der Waals surface area contributed by atoms with Crippen molar-refractivity contribution in [2.75, 3.05) is 44.2 Å². The summed E-state index contributed by atoms with van der Waals surface area (Å²) in [7, 11) is 0. The number of nitrogens with zero attached hydrogens (tertiary/aromatic N) is 2. The molecule has 3 aromatic carbocycles. The van der Waals surface area contributed by atoms with Crippen molar-refractivity contribution in [1.29, 1.82) is 0 Å². The van der Waals surface area contributed by atoms with Gasteiger partial charge in [0.25, 0.3) is 0 Å². The van der Waals surface area contributed by atoms with E-state index in [1.165, 1.54) is 16.6 Å². The fourth-order valence-electron chi connectivity index (χ4n) is 4.67. The maximum Gasteiger partial charge on any atom is 0.119 e. The van der Waals surface area contributed by atoms with Crippen LogP contribution in [0, 0.1) is 6.92 Å². The molecule has 4 aromatic rings. The standard InChI is InChI=1S/C28H30ClN3O2/c1-20-26-4-2-3-5-27(26)30-28(20)21-6-12-25(13-7-21)34-19-24(33)18-31-14-16-32(17-15-31)23-10-8-22(29)9-11-23/h2-13,24,30,33H,14-19H2,1H3. The van der Waals surface area contributed by atoms with Crippen molar-refractivity contribution in [3.05, 3.63) is 83.4 Å². The highest BCUT2D eigenvalue weighted by Crippen LogP contribution is 2.30. The van der Waals surface area contributed by atoms with Crippen LogP contribution in [-0.4, -0.2) is 60.4 Å². The summed E-state index contributed by atoms with van der Waals surface area (Å²) < 4.78 is 5.88. The van der Waals surface area contributed by atoms with Gasteiger partial charge in [-0.3, -0.25) is 4.90 Å². The maximum atomic E-state index is 10.5. The number of hydrogen-bond donors (Lipinski definition) is 2. The molecule has 0 spiro atoms. The molecule has 5 rings (SSSR count). The molecule has 1 fully saturated rings. The number of rotatable bonds is 7. The van der Waals surface area contributed by atoms with Crippen molar-refractivity contribution in [2.24, 2.45) is 0 Å². The zero-order valence-corrected chi connectivity index (χ0v) is 20.1. The Morgan fingerprint density at radius 1 is 0.941 bits per heavy atom. The minimum absolute atomic E-state index is 0.280. The predicted octanol–water partition coefficient (Wildman–Crippen LogP) is 5.36. The van der Waals surface area contributed by atoms with Crippen LogP contribution in [0.5, 0.6) is 5.75 Å². The number of para-hydroxylation sites is 1. The number of anilines is 1. The minimum atomic E-state index is -0.530. The van der Waals surface area contributed by atoms with E-state index in [1.807, 2.05) is 30.3 Å². The summed E-state index contributed by atoms with van der Waals surface area (Å²) in [6.07, 6.45) is -0.530. The lowest BCUT2D eigenvalue weighted by Gasteiger charge is -2.36. The highest BCUT2D eigenvalue weighted by molar-refractivity contribution is 6.30. The molecule has 0 saturated carbocycles. The maximum absolute atomic E-state index is 10.5. The van der Waals surface area contributed by atoms with E-state index < -0.39 is 6.10 Å². The van der Waals surface area contributed by atoms with Crippen molar-refractivity contribution in [2.45, 2.75) is 13.0 Å². The van der Waals surface area contributed by atoms with Gasteiger partial charge in [0.15, 0.2) is 0 Å². The summed E-state index contributed by atoms with van der Waals surface area (Å²) in [6, 6.07) is 24.4. The van der Waals surface area contributed by atoms with Crippen LogP contribution in [-0.2, 0) is 0 Å². The molecule has 0 bridgehead atoms. The van der Waals surface area contributed by atoms with Gasteiger partial charge < -0.3 is 19.7 Å². The quantitative estimate of drug-likeness (QED) is 0.378. The van der Waals surface area contributed by atoms with Crippen molar-refractivity contribution in [3.8, 4) is 17.0 Å². The van der Waals surface area contributed by atoms with Crippen LogP contribution in [0.2, 0.25) is 5.02 Å². The Labute approximate surface area is 205 Å². The van der Waals surface area contributed by atoms with Crippen LogP contribution in [0.3, 0.4) is 0 Å². The molecule has 6 heteroatoms. The molecule has 1 aromatic heterocycles. The first-order valence-corrected chi connectivity index (χ1v) is 12.2. The number of aliphatic hydroxyl groups is 1. The average molecular weight is 476 g/mol. The van der Waals surface area contributed by atoms with Gasteiger partial charge in [0.2, 0.25) is 0 Å². The number of aliphatic hydroxyl groups excluding tert-OH is 1. The SMILES string of the molecule is Cc1c(-c2ccc(OCC(O)CN3CCN(c4ccc(Cl)cc4)CC3)cc2)[nH]c2ccccc12. The number of fused-ring (bicyclic) bond motifs is 1. The first-order valence-electron chi connectivity index (χ1n) is 11.8. The Balaban J connectivity index is 1.11. The van der Waals surface area contributed by atoms with Gasteiger partial charge in [0.05, 0.1) is 0 Å². The summed E-state index contributed by atoms with van der Waals surface area (Å²) in [5.74, 6) is 0.768. The third-order valence-corrected chi connectivity index (χ3v) is 6.84. The van der Waals surface area contributed by atoms with E-state index in [0.717, 1.165) is 53.7 Å². The van der Waals surface area contributed by atoms with Crippen LogP contribution in [0.25, 0.3) is 22.2 Å². The summed E-state index contributed by atoms with van der Waals surface area (Å²) >= 11 is 5.99. The fourth-order valence-corrected chi connectivity index (χ4v) is 4.80. The third kappa shape index (κ3) is 5.07. The number of ether oxygens (including phenoxy) is 1. The lowest BCUT2D eigenvalue weighted by molar-refractivity contribution is 0.0663. The van der Waals surface area contributed by atoms with Gasteiger partial charge in [-0.15, -0.1) is 0 Å². The van der Waals surface area contributed by atoms with Gasteiger partial charge in [0, 0.05) is 60.0 Å². The second-order valence-corrected chi connectivity index (χ2v) is 9.36.